The van der Waals surface area contributed by atoms with Crippen LogP contribution in [0.4, 0.5) is 0 Å². The van der Waals surface area contributed by atoms with Crippen LogP contribution in [0.15, 0.2) is 58.3 Å². The van der Waals surface area contributed by atoms with Crippen LogP contribution in [0.3, 0.4) is 0 Å². The molecule has 2 saturated heterocycles. The largest absolute Gasteiger partial charge is 0.348 e. The van der Waals surface area contributed by atoms with E-state index in [2.05, 4.69) is 10.6 Å². The first-order chi connectivity index (χ1) is 12.6. The lowest BCUT2D eigenvalue weighted by Gasteiger charge is -2.21. The van der Waals surface area contributed by atoms with Crippen molar-refractivity contribution in [3.63, 3.8) is 0 Å². The van der Waals surface area contributed by atoms with Crippen LogP contribution >= 0.6 is 11.8 Å². The molecule has 0 radical (unpaired) electrons. The van der Waals surface area contributed by atoms with Crippen molar-refractivity contribution in [1.82, 2.24) is 10.6 Å². The molecule has 1 amide bonds. The third-order valence-corrected chi connectivity index (χ3v) is 6.25. The molecule has 2 bridgehead atoms. The van der Waals surface area contributed by atoms with E-state index in [4.69, 9.17) is 0 Å². The van der Waals surface area contributed by atoms with Crippen LogP contribution < -0.4 is 10.6 Å². The minimum atomic E-state index is 0.00621. The molecule has 2 aliphatic rings. The van der Waals surface area contributed by atoms with Crippen LogP contribution in [0, 0.1) is 0 Å². The summed E-state index contributed by atoms with van der Waals surface area (Å²) < 4.78 is 0. The van der Waals surface area contributed by atoms with Gasteiger partial charge in [0, 0.05) is 39.0 Å². The maximum absolute atomic E-state index is 12.5. The molecule has 4 nitrogen and oxygen atoms in total. The SMILES string of the molecule is CC(=O)c1ccc(Sc2ccc(C(=O)N[C@@H]3C[C@H]4CC[C@@H]3N4)cc2)cc1. The summed E-state index contributed by atoms with van der Waals surface area (Å²) in [4.78, 5) is 25.9. The van der Waals surface area contributed by atoms with Gasteiger partial charge in [0.25, 0.3) is 5.91 Å². The predicted molar refractivity (Wildman–Crippen MR) is 103 cm³/mol. The molecule has 2 heterocycles. The molecule has 134 valence electrons. The Morgan fingerprint density at radius 2 is 1.58 bits per heavy atom. The molecule has 3 atom stereocenters. The Hall–Kier alpha value is -2.11. The highest BCUT2D eigenvalue weighted by atomic mass is 32.2. The summed E-state index contributed by atoms with van der Waals surface area (Å²) in [6.45, 7) is 1.57. The van der Waals surface area contributed by atoms with E-state index in [-0.39, 0.29) is 17.7 Å². The number of nitrogens with one attached hydrogen (secondary N) is 2. The van der Waals surface area contributed by atoms with Gasteiger partial charge in [-0.1, -0.05) is 23.9 Å². The lowest BCUT2D eigenvalue weighted by Crippen LogP contribution is -2.42. The monoisotopic (exact) mass is 366 g/mol. The molecule has 0 spiro atoms. The third-order valence-electron chi connectivity index (χ3n) is 5.23. The molecule has 2 aliphatic heterocycles. The van der Waals surface area contributed by atoms with Gasteiger partial charge in [0.1, 0.15) is 0 Å². The normalized spacial score (nSPS) is 23.8. The Balaban J connectivity index is 1.37. The fourth-order valence-electron chi connectivity index (χ4n) is 3.80. The number of carbonyl (C=O) groups excluding carboxylic acids is 2. The number of ketones is 1. The third kappa shape index (κ3) is 3.69. The van der Waals surface area contributed by atoms with Crippen molar-refractivity contribution in [3.05, 3.63) is 59.7 Å². The summed E-state index contributed by atoms with van der Waals surface area (Å²) in [7, 11) is 0. The van der Waals surface area contributed by atoms with Crippen molar-refractivity contribution in [1.29, 1.82) is 0 Å². The number of amides is 1. The van der Waals surface area contributed by atoms with Crippen molar-refractivity contribution < 1.29 is 9.59 Å². The second-order valence-electron chi connectivity index (χ2n) is 7.07. The number of hydrogen-bond acceptors (Lipinski definition) is 4. The summed E-state index contributed by atoms with van der Waals surface area (Å²) in [5.41, 5.74) is 1.42. The van der Waals surface area contributed by atoms with Crippen molar-refractivity contribution in [2.75, 3.05) is 0 Å². The van der Waals surface area contributed by atoms with Gasteiger partial charge in [-0.2, -0.15) is 0 Å². The zero-order valence-electron chi connectivity index (χ0n) is 14.7. The zero-order valence-corrected chi connectivity index (χ0v) is 15.5. The highest BCUT2D eigenvalue weighted by molar-refractivity contribution is 7.99. The number of Topliss-reactive ketones (excluding diaryl/α,β-unsaturated/α-hetero) is 1. The van der Waals surface area contributed by atoms with Crippen LogP contribution in [0.25, 0.3) is 0 Å². The zero-order chi connectivity index (χ0) is 18.1. The van der Waals surface area contributed by atoms with E-state index in [1.54, 1.807) is 18.7 Å². The lowest BCUT2D eigenvalue weighted by atomic mass is 9.95. The summed E-state index contributed by atoms with van der Waals surface area (Å²) in [6.07, 6.45) is 3.44. The van der Waals surface area contributed by atoms with Crippen LogP contribution in [-0.2, 0) is 0 Å². The van der Waals surface area contributed by atoms with Gasteiger partial charge in [-0.3, -0.25) is 9.59 Å². The van der Waals surface area contributed by atoms with Gasteiger partial charge in [-0.25, -0.2) is 0 Å². The molecule has 2 N–H and O–H groups in total. The fraction of sp³-hybridized carbons (Fsp3) is 0.333. The van der Waals surface area contributed by atoms with Gasteiger partial charge in [-0.05, 0) is 62.6 Å². The van der Waals surface area contributed by atoms with Crippen molar-refractivity contribution >= 4 is 23.5 Å². The molecule has 0 saturated carbocycles. The Morgan fingerprint density at radius 1 is 0.962 bits per heavy atom. The van der Waals surface area contributed by atoms with Crippen LogP contribution in [-0.4, -0.2) is 29.8 Å². The summed E-state index contributed by atoms with van der Waals surface area (Å²) >= 11 is 1.62. The van der Waals surface area contributed by atoms with E-state index in [1.165, 1.54) is 6.42 Å². The van der Waals surface area contributed by atoms with Gasteiger partial charge in [0.05, 0.1) is 0 Å². The van der Waals surface area contributed by atoms with Crippen LogP contribution in [0.2, 0.25) is 0 Å². The van der Waals surface area contributed by atoms with E-state index in [0.717, 1.165) is 28.2 Å². The summed E-state index contributed by atoms with van der Waals surface area (Å²) in [5, 5.41) is 6.72. The Labute approximate surface area is 157 Å². The minimum absolute atomic E-state index is 0.00621. The average Bonchev–Trinajstić information content (AvgIpc) is 3.26. The average molecular weight is 366 g/mol. The smallest absolute Gasteiger partial charge is 0.251 e. The Bertz CT molecular complexity index is 817. The maximum Gasteiger partial charge on any atom is 0.251 e. The molecular formula is C21H22N2O2S. The first-order valence-corrected chi connectivity index (χ1v) is 9.86. The number of hydrogen-bond donors (Lipinski definition) is 2. The van der Waals surface area contributed by atoms with Gasteiger partial charge in [-0.15, -0.1) is 0 Å². The van der Waals surface area contributed by atoms with Crippen molar-refractivity contribution in [2.24, 2.45) is 0 Å². The summed E-state index contributed by atoms with van der Waals surface area (Å²) in [6, 6.07) is 16.6. The van der Waals surface area contributed by atoms with E-state index in [0.29, 0.717) is 17.6 Å². The first kappa shape index (κ1) is 17.3. The number of rotatable bonds is 5. The fourth-order valence-corrected chi connectivity index (χ4v) is 4.62. The molecule has 2 aromatic carbocycles. The van der Waals surface area contributed by atoms with Crippen LogP contribution in [0.1, 0.15) is 46.9 Å². The summed E-state index contributed by atoms with van der Waals surface area (Å²) in [5.74, 6) is 0.0781. The lowest BCUT2D eigenvalue weighted by molar-refractivity contribution is 0.0930. The van der Waals surface area contributed by atoms with Crippen LogP contribution in [0.5, 0.6) is 0 Å². The molecule has 0 unspecified atom stereocenters. The Morgan fingerprint density at radius 3 is 2.08 bits per heavy atom. The quantitative estimate of drug-likeness (QED) is 0.793. The number of fused-ring (bicyclic) bond motifs is 2. The molecule has 26 heavy (non-hydrogen) atoms. The van der Waals surface area contributed by atoms with E-state index < -0.39 is 0 Å². The van der Waals surface area contributed by atoms with Gasteiger partial charge >= 0.3 is 0 Å². The molecule has 2 aromatic rings. The van der Waals surface area contributed by atoms with E-state index >= 15 is 0 Å². The van der Waals surface area contributed by atoms with E-state index in [9.17, 15) is 9.59 Å². The molecule has 0 aromatic heterocycles. The molecule has 5 heteroatoms. The van der Waals surface area contributed by atoms with Gasteiger partial charge in [0.15, 0.2) is 5.78 Å². The standard InChI is InChI=1S/C21H22N2O2S/c1-13(24)14-2-7-17(8-3-14)26-18-9-4-15(5-10-18)21(25)23-20-12-16-6-11-19(20)22-16/h2-5,7-10,16,19-20,22H,6,11-12H2,1H3,(H,23,25)/t16-,19+,20-/m1/s1. The molecule has 0 aliphatic carbocycles. The van der Waals surface area contributed by atoms with Crippen molar-refractivity contribution in [2.45, 2.75) is 54.1 Å². The minimum Gasteiger partial charge on any atom is -0.348 e. The van der Waals surface area contributed by atoms with Crippen molar-refractivity contribution in [3.8, 4) is 0 Å². The number of carbonyl (C=O) groups is 2. The second kappa shape index (κ2) is 7.25. The highest BCUT2D eigenvalue weighted by Gasteiger charge is 2.39. The highest BCUT2D eigenvalue weighted by Crippen LogP contribution is 2.29. The van der Waals surface area contributed by atoms with Gasteiger partial charge in [0.2, 0.25) is 0 Å². The predicted octanol–water partition coefficient (Wildman–Crippen LogP) is 3.66. The number of benzene rings is 2. The topological polar surface area (TPSA) is 58.2 Å². The van der Waals surface area contributed by atoms with E-state index in [1.807, 2.05) is 48.5 Å². The van der Waals surface area contributed by atoms with Gasteiger partial charge < -0.3 is 10.6 Å². The molecule has 2 fully saturated rings. The molecule has 4 rings (SSSR count). The maximum atomic E-state index is 12.5. The Kier molecular flexibility index (Phi) is 4.83. The second-order valence-corrected chi connectivity index (χ2v) is 8.22. The molecular weight excluding hydrogens is 344 g/mol. The first-order valence-electron chi connectivity index (χ1n) is 9.04.